The largest absolute Gasteiger partial charge is 0.351 e. The number of aromatic nitrogens is 1. The Bertz CT molecular complexity index is 363. The fourth-order valence-corrected chi connectivity index (χ4v) is 2.61. The van der Waals surface area contributed by atoms with Crippen molar-refractivity contribution >= 4 is 17.2 Å². The van der Waals surface area contributed by atoms with Crippen molar-refractivity contribution in [3.8, 4) is 0 Å². The number of nitrogens with zero attached hydrogens (tertiary/aromatic N) is 1. The number of amides is 1. The van der Waals surface area contributed by atoms with Crippen molar-refractivity contribution in [1.82, 2.24) is 15.6 Å². The molecule has 0 unspecified atom stereocenters. The van der Waals surface area contributed by atoms with E-state index in [-0.39, 0.29) is 5.91 Å². The maximum Gasteiger partial charge on any atom is 0.263 e. The molecular weight excluding hydrogens is 234 g/mol. The number of aryl methyl sites for hydroxylation is 2. The zero-order valence-corrected chi connectivity index (χ0v) is 11.6. The number of rotatable bonds is 7. The molecule has 5 heteroatoms. The van der Waals surface area contributed by atoms with E-state index in [0.717, 1.165) is 41.4 Å². The number of thiazole rings is 1. The fraction of sp³-hybridized carbons (Fsp3) is 0.667. The quantitative estimate of drug-likeness (QED) is 0.730. The predicted octanol–water partition coefficient (Wildman–Crippen LogP) is 1.74. The minimum Gasteiger partial charge on any atom is -0.351 e. The van der Waals surface area contributed by atoms with E-state index in [2.05, 4.69) is 22.5 Å². The molecule has 1 rings (SSSR count). The summed E-state index contributed by atoms with van der Waals surface area (Å²) in [6, 6.07) is 0. The van der Waals surface area contributed by atoms with Crippen LogP contribution in [0.4, 0.5) is 0 Å². The average Bonchev–Trinajstić information content (AvgIpc) is 2.66. The van der Waals surface area contributed by atoms with Crippen LogP contribution in [0, 0.1) is 6.92 Å². The zero-order valence-electron chi connectivity index (χ0n) is 10.8. The van der Waals surface area contributed by atoms with Gasteiger partial charge in [0.2, 0.25) is 0 Å². The van der Waals surface area contributed by atoms with Crippen molar-refractivity contribution in [3.63, 3.8) is 0 Å². The van der Waals surface area contributed by atoms with Gasteiger partial charge < -0.3 is 10.6 Å². The number of carbonyl (C=O) groups is 1. The highest BCUT2D eigenvalue weighted by Crippen LogP contribution is 2.19. The summed E-state index contributed by atoms with van der Waals surface area (Å²) in [5.74, 6) is 0.0125. The summed E-state index contributed by atoms with van der Waals surface area (Å²) in [5, 5.41) is 7.03. The predicted molar refractivity (Wildman–Crippen MR) is 71.7 cm³/mol. The van der Waals surface area contributed by atoms with Crippen molar-refractivity contribution in [3.05, 3.63) is 15.6 Å². The van der Waals surface area contributed by atoms with Gasteiger partial charge in [-0.15, -0.1) is 11.3 Å². The second-order valence-corrected chi connectivity index (χ2v) is 5.07. The van der Waals surface area contributed by atoms with E-state index in [1.54, 1.807) is 0 Å². The van der Waals surface area contributed by atoms with E-state index in [1.807, 2.05) is 14.0 Å². The Morgan fingerprint density at radius 2 is 2.18 bits per heavy atom. The van der Waals surface area contributed by atoms with Crippen LogP contribution in [0.5, 0.6) is 0 Å². The van der Waals surface area contributed by atoms with Crippen LogP contribution in [0.2, 0.25) is 0 Å². The molecule has 1 amide bonds. The highest BCUT2D eigenvalue weighted by atomic mass is 32.1. The highest BCUT2D eigenvalue weighted by molar-refractivity contribution is 7.13. The zero-order chi connectivity index (χ0) is 12.7. The third-order valence-electron chi connectivity index (χ3n) is 2.40. The van der Waals surface area contributed by atoms with Crippen LogP contribution < -0.4 is 10.6 Å². The summed E-state index contributed by atoms with van der Waals surface area (Å²) in [6.07, 6.45) is 2.97. The monoisotopic (exact) mass is 255 g/mol. The molecule has 4 nitrogen and oxygen atoms in total. The molecule has 0 saturated heterocycles. The molecule has 1 heterocycles. The third-order valence-corrected chi connectivity index (χ3v) is 3.62. The Morgan fingerprint density at radius 3 is 2.82 bits per heavy atom. The Kier molecular flexibility index (Phi) is 6.15. The molecule has 0 bridgehead atoms. The summed E-state index contributed by atoms with van der Waals surface area (Å²) < 4.78 is 0. The van der Waals surface area contributed by atoms with Crippen molar-refractivity contribution in [1.29, 1.82) is 0 Å². The van der Waals surface area contributed by atoms with E-state index in [0.29, 0.717) is 6.54 Å². The molecule has 0 aliphatic heterocycles. The van der Waals surface area contributed by atoms with Gasteiger partial charge in [0.15, 0.2) is 0 Å². The van der Waals surface area contributed by atoms with Crippen molar-refractivity contribution in [2.75, 3.05) is 20.1 Å². The Labute approximate surface area is 107 Å². The Hall–Kier alpha value is -0.940. The molecule has 96 valence electrons. The summed E-state index contributed by atoms with van der Waals surface area (Å²) in [4.78, 5) is 17.1. The third kappa shape index (κ3) is 4.44. The van der Waals surface area contributed by atoms with Crippen molar-refractivity contribution in [2.45, 2.75) is 33.1 Å². The van der Waals surface area contributed by atoms with E-state index >= 15 is 0 Å². The minimum atomic E-state index is 0.0125. The van der Waals surface area contributed by atoms with Crippen LogP contribution in [0.3, 0.4) is 0 Å². The van der Waals surface area contributed by atoms with Crippen LogP contribution in [0.25, 0.3) is 0 Å². The molecule has 2 N–H and O–H groups in total. The standard InChI is InChI=1S/C12H21N3OS/c1-4-6-10-15-9(2)11(17-10)12(16)14-8-5-7-13-3/h13H,4-8H2,1-3H3,(H,14,16). The molecule has 0 atom stereocenters. The first-order valence-corrected chi connectivity index (χ1v) is 6.89. The summed E-state index contributed by atoms with van der Waals surface area (Å²) in [6.45, 7) is 5.65. The average molecular weight is 255 g/mol. The molecule has 0 aliphatic rings. The van der Waals surface area contributed by atoms with E-state index in [1.165, 1.54) is 11.3 Å². The smallest absolute Gasteiger partial charge is 0.263 e. The summed E-state index contributed by atoms with van der Waals surface area (Å²) >= 11 is 1.52. The lowest BCUT2D eigenvalue weighted by atomic mass is 10.3. The summed E-state index contributed by atoms with van der Waals surface area (Å²) in [5.41, 5.74) is 0.851. The van der Waals surface area contributed by atoms with Crippen LogP contribution >= 0.6 is 11.3 Å². The number of hydrogen-bond acceptors (Lipinski definition) is 4. The van der Waals surface area contributed by atoms with Gasteiger partial charge in [-0.1, -0.05) is 6.92 Å². The van der Waals surface area contributed by atoms with Crippen molar-refractivity contribution < 1.29 is 4.79 Å². The fourth-order valence-electron chi connectivity index (χ4n) is 1.53. The van der Waals surface area contributed by atoms with Gasteiger partial charge in [0.25, 0.3) is 5.91 Å². The lowest BCUT2D eigenvalue weighted by Gasteiger charge is -2.03. The number of nitrogens with one attached hydrogen (secondary N) is 2. The van der Waals surface area contributed by atoms with Crippen LogP contribution in [0.15, 0.2) is 0 Å². The van der Waals surface area contributed by atoms with Gasteiger partial charge in [-0.3, -0.25) is 4.79 Å². The SMILES string of the molecule is CCCc1nc(C)c(C(=O)NCCCNC)s1. The molecule has 0 saturated carbocycles. The van der Waals surface area contributed by atoms with E-state index in [9.17, 15) is 4.79 Å². The molecule has 1 aromatic heterocycles. The molecular formula is C12H21N3OS. The van der Waals surface area contributed by atoms with Gasteiger partial charge in [0.05, 0.1) is 10.7 Å². The normalized spacial score (nSPS) is 10.5. The molecule has 0 aliphatic carbocycles. The summed E-state index contributed by atoms with van der Waals surface area (Å²) in [7, 11) is 1.91. The van der Waals surface area contributed by atoms with Crippen LogP contribution in [-0.2, 0) is 6.42 Å². The van der Waals surface area contributed by atoms with Gasteiger partial charge in [-0.2, -0.15) is 0 Å². The second-order valence-electron chi connectivity index (χ2n) is 3.99. The maximum atomic E-state index is 11.9. The van der Waals surface area contributed by atoms with Crippen LogP contribution in [-0.4, -0.2) is 31.0 Å². The minimum absolute atomic E-state index is 0.0125. The first kappa shape index (κ1) is 14.1. The van der Waals surface area contributed by atoms with E-state index in [4.69, 9.17) is 0 Å². The first-order valence-electron chi connectivity index (χ1n) is 6.08. The van der Waals surface area contributed by atoms with Gasteiger partial charge in [0.1, 0.15) is 4.88 Å². The molecule has 1 aromatic rings. The second kappa shape index (κ2) is 7.40. The molecule has 0 radical (unpaired) electrons. The van der Waals surface area contributed by atoms with Crippen LogP contribution in [0.1, 0.15) is 40.1 Å². The molecule has 0 spiro atoms. The van der Waals surface area contributed by atoms with E-state index < -0.39 is 0 Å². The Balaban J connectivity index is 2.50. The molecule has 17 heavy (non-hydrogen) atoms. The van der Waals surface area contributed by atoms with Gasteiger partial charge in [-0.05, 0) is 39.8 Å². The first-order chi connectivity index (χ1) is 8.19. The molecule has 0 fully saturated rings. The van der Waals surface area contributed by atoms with Gasteiger partial charge >= 0.3 is 0 Å². The number of carbonyl (C=O) groups excluding carboxylic acids is 1. The lowest BCUT2D eigenvalue weighted by Crippen LogP contribution is -2.26. The molecule has 0 aromatic carbocycles. The topological polar surface area (TPSA) is 54.0 Å². The van der Waals surface area contributed by atoms with Crippen molar-refractivity contribution in [2.24, 2.45) is 0 Å². The Morgan fingerprint density at radius 1 is 1.41 bits per heavy atom. The lowest BCUT2D eigenvalue weighted by molar-refractivity contribution is 0.0956. The number of hydrogen-bond donors (Lipinski definition) is 2. The van der Waals surface area contributed by atoms with Gasteiger partial charge in [-0.25, -0.2) is 4.98 Å². The maximum absolute atomic E-state index is 11.9. The van der Waals surface area contributed by atoms with Gasteiger partial charge in [0, 0.05) is 6.54 Å². The highest BCUT2D eigenvalue weighted by Gasteiger charge is 2.14.